The molecular formula is C33H29Cl2N7O2. The molecule has 0 saturated heterocycles. The van der Waals surface area contributed by atoms with Gasteiger partial charge in [0.05, 0.1) is 56.6 Å². The summed E-state index contributed by atoms with van der Waals surface area (Å²) >= 11 is 12.3. The lowest BCUT2D eigenvalue weighted by molar-refractivity contribution is 0.0701. The van der Waals surface area contributed by atoms with E-state index in [1.807, 2.05) is 37.9 Å². The third kappa shape index (κ3) is 5.74. The molecule has 0 aliphatic rings. The molecule has 2 atom stereocenters. The van der Waals surface area contributed by atoms with Crippen LogP contribution in [0.3, 0.4) is 0 Å². The second-order valence-corrected chi connectivity index (χ2v) is 11.4. The summed E-state index contributed by atoms with van der Waals surface area (Å²) in [6.45, 7) is 3.96. The van der Waals surface area contributed by atoms with Crippen molar-refractivity contribution in [2.45, 2.75) is 39.0 Å². The molecule has 9 nitrogen and oxygen atoms in total. The minimum Gasteiger partial charge on any atom is -0.336 e. The maximum absolute atomic E-state index is 13.6. The molecule has 0 bridgehead atoms. The molecule has 6 aromatic rings. The van der Waals surface area contributed by atoms with Crippen molar-refractivity contribution in [1.29, 1.82) is 0 Å². The van der Waals surface area contributed by atoms with Crippen molar-refractivity contribution in [2.24, 2.45) is 0 Å². The summed E-state index contributed by atoms with van der Waals surface area (Å²) in [5.41, 5.74) is 5.65. The molecule has 6 rings (SSSR count). The Morgan fingerprint density at radius 2 is 1.07 bits per heavy atom. The molecule has 0 radical (unpaired) electrons. The van der Waals surface area contributed by atoms with Crippen LogP contribution in [-0.4, -0.2) is 56.0 Å². The van der Waals surface area contributed by atoms with Crippen LogP contribution in [0.25, 0.3) is 44.1 Å². The number of nitrogens with zero attached hydrogens (tertiary/aromatic N) is 5. The summed E-state index contributed by atoms with van der Waals surface area (Å²) in [6.07, 6.45) is 0.439. The largest absolute Gasteiger partial charge is 0.336 e. The maximum atomic E-state index is 13.6. The molecule has 2 N–H and O–H groups in total. The van der Waals surface area contributed by atoms with E-state index in [0.717, 1.165) is 0 Å². The number of amides is 2. The number of rotatable bonds is 8. The number of nitrogens with one attached hydrogen (secondary N) is 2. The number of benzene rings is 4. The molecule has 0 aliphatic carbocycles. The summed E-state index contributed by atoms with van der Waals surface area (Å²) < 4.78 is 0. The molecule has 0 saturated carbocycles. The number of hydrogen-bond donors (Lipinski definition) is 2. The van der Waals surface area contributed by atoms with Crippen LogP contribution in [0.15, 0.2) is 72.8 Å². The Kier molecular flexibility index (Phi) is 8.27. The van der Waals surface area contributed by atoms with E-state index in [2.05, 4.69) is 20.6 Å². The number of carbonyl (C=O) groups is 2. The third-order valence-corrected chi connectivity index (χ3v) is 8.16. The van der Waals surface area contributed by atoms with Crippen LogP contribution in [0.4, 0.5) is 0 Å². The van der Waals surface area contributed by atoms with E-state index in [1.165, 1.54) is 0 Å². The van der Waals surface area contributed by atoms with Gasteiger partial charge >= 0.3 is 0 Å². The van der Waals surface area contributed by atoms with Crippen LogP contribution in [-0.2, 0) is 0 Å². The average Bonchev–Trinajstić information content (AvgIpc) is 3.03. The SMILES string of the molecule is CCC(NC(=O)c1cccc2nc3cc(Cl)ccc3nc12)N(C)C(CC)NC(=O)c1cccc2nc3cc(Cl)ccc3nc12. The first-order valence-electron chi connectivity index (χ1n) is 14.3. The second kappa shape index (κ2) is 12.3. The van der Waals surface area contributed by atoms with E-state index in [1.54, 1.807) is 60.7 Å². The van der Waals surface area contributed by atoms with Crippen molar-refractivity contribution < 1.29 is 9.59 Å². The van der Waals surface area contributed by atoms with Crippen LogP contribution in [0, 0.1) is 0 Å². The van der Waals surface area contributed by atoms with Crippen molar-refractivity contribution >= 4 is 79.1 Å². The van der Waals surface area contributed by atoms with Crippen LogP contribution in [0.5, 0.6) is 0 Å². The fourth-order valence-electron chi connectivity index (χ4n) is 5.37. The molecule has 222 valence electrons. The lowest BCUT2D eigenvalue weighted by Crippen LogP contribution is -2.55. The lowest BCUT2D eigenvalue weighted by Gasteiger charge is -2.35. The van der Waals surface area contributed by atoms with Crippen LogP contribution >= 0.6 is 23.2 Å². The van der Waals surface area contributed by atoms with E-state index >= 15 is 0 Å². The maximum Gasteiger partial charge on any atom is 0.254 e. The van der Waals surface area contributed by atoms with Gasteiger partial charge in [0, 0.05) is 10.0 Å². The van der Waals surface area contributed by atoms with Crippen molar-refractivity contribution in [2.75, 3.05) is 7.05 Å². The Hall–Kier alpha value is -4.44. The molecule has 2 unspecified atom stereocenters. The number of para-hydroxylation sites is 2. The van der Waals surface area contributed by atoms with Gasteiger partial charge in [0.2, 0.25) is 0 Å². The minimum atomic E-state index is -0.378. The van der Waals surface area contributed by atoms with Crippen LogP contribution < -0.4 is 10.6 Å². The monoisotopic (exact) mass is 625 g/mol. The van der Waals surface area contributed by atoms with E-state index in [4.69, 9.17) is 33.2 Å². The molecule has 0 fully saturated rings. The zero-order chi connectivity index (χ0) is 31.0. The van der Waals surface area contributed by atoms with Crippen LogP contribution in [0.2, 0.25) is 10.0 Å². The molecule has 0 aliphatic heterocycles. The third-order valence-electron chi connectivity index (χ3n) is 7.69. The van der Waals surface area contributed by atoms with E-state index < -0.39 is 0 Å². The molecule has 0 spiro atoms. The topological polar surface area (TPSA) is 113 Å². The minimum absolute atomic E-state index is 0.283. The summed E-state index contributed by atoms with van der Waals surface area (Å²) in [6, 6.07) is 21.3. The Labute approximate surface area is 263 Å². The molecule has 44 heavy (non-hydrogen) atoms. The van der Waals surface area contributed by atoms with Gasteiger partial charge in [-0.25, -0.2) is 19.9 Å². The first-order valence-corrected chi connectivity index (χ1v) is 15.1. The van der Waals surface area contributed by atoms with Gasteiger partial charge < -0.3 is 10.6 Å². The molecule has 4 aromatic carbocycles. The zero-order valence-electron chi connectivity index (χ0n) is 24.3. The lowest BCUT2D eigenvalue weighted by atomic mass is 10.1. The molecule has 2 amide bonds. The van der Waals surface area contributed by atoms with Gasteiger partial charge in [-0.15, -0.1) is 0 Å². The fourth-order valence-corrected chi connectivity index (χ4v) is 5.70. The van der Waals surface area contributed by atoms with E-state index in [9.17, 15) is 9.59 Å². The molecule has 2 heterocycles. The van der Waals surface area contributed by atoms with E-state index in [0.29, 0.717) is 78.1 Å². The number of hydrogen-bond acceptors (Lipinski definition) is 7. The summed E-state index contributed by atoms with van der Waals surface area (Å²) in [7, 11) is 1.88. The predicted octanol–water partition coefficient (Wildman–Crippen LogP) is 6.75. The molecule has 11 heteroatoms. The summed E-state index contributed by atoms with van der Waals surface area (Å²) in [5, 5.41) is 7.39. The highest BCUT2D eigenvalue weighted by atomic mass is 35.5. The first kappa shape index (κ1) is 29.6. The highest BCUT2D eigenvalue weighted by molar-refractivity contribution is 6.31. The van der Waals surface area contributed by atoms with Gasteiger partial charge in [-0.2, -0.15) is 0 Å². The Bertz CT molecular complexity index is 1920. The van der Waals surface area contributed by atoms with Gasteiger partial charge in [0.15, 0.2) is 0 Å². The molecule has 2 aromatic heterocycles. The normalized spacial score (nSPS) is 13.0. The standard InChI is InChI=1S/C33H29Cl2N7O2/c1-4-28(40-32(43)20-8-6-10-24-30(20)38-22-14-12-18(34)16-26(22)36-24)42(3)29(5-2)41-33(44)21-9-7-11-25-31(21)39-23-15-13-19(35)17-27(23)37-25/h6-17,28-29H,4-5H2,1-3H3,(H,40,43)(H,41,44). The highest BCUT2D eigenvalue weighted by Crippen LogP contribution is 2.24. The summed E-state index contributed by atoms with van der Waals surface area (Å²) in [5.74, 6) is -0.566. The van der Waals surface area contributed by atoms with E-state index in [-0.39, 0.29) is 24.1 Å². The fraction of sp³-hybridized carbons (Fsp3) is 0.212. The quantitative estimate of drug-likeness (QED) is 0.142. The van der Waals surface area contributed by atoms with Crippen LogP contribution in [0.1, 0.15) is 47.4 Å². The molecular weight excluding hydrogens is 597 g/mol. The van der Waals surface area contributed by atoms with Gasteiger partial charge in [-0.1, -0.05) is 49.2 Å². The Morgan fingerprint density at radius 3 is 1.48 bits per heavy atom. The van der Waals surface area contributed by atoms with Crippen molar-refractivity contribution in [1.82, 2.24) is 35.5 Å². The smallest absolute Gasteiger partial charge is 0.254 e. The number of fused-ring (bicyclic) bond motifs is 4. The first-order chi connectivity index (χ1) is 21.2. The second-order valence-electron chi connectivity index (χ2n) is 10.5. The Morgan fingerprint density at radius 1 is 0.636 bits per heavy atom. The number of aromatic nitrogens is 4. The number of halogens is 2. The highest BCUT2D eigenvalue weighted by Gasteiger charge is 2.26. The van der Waals surface area contributed by atoms with Crippen molar-refractivity contribution in [3.05, 3.63) is 94.0 Å². The summed E-state index contributed by atoms with van der Waals surface area (Å²) in [4.78, 5) is 47.9. The van der Waals surface area contributed by atoms with Gasteiger partial charge in [-0.3, -0.25) is 14.5 Å². The van der Waals surface area contributed by atoms with Gasteiger partial charge in [0.25, 0.3) is 11.8 Å². The van der Waals surface area contributed by atoms with Gasteiger partial charge in [-0.05, 0) is 80.6 Å². The predicted molar refractivity (Wildman–Crippen MR) is 175 cm³/mol. The Balaban J connectivity index is 1.23. The van der Waals surface area contributed by atoms with Crippen molar-refractivity contribution in [3.63, 3.8) is 0 Å². The number of carbonyl (C=O) groups excluding carboxylic acids is 2. The average molecular weight is 627 g/mol. The zero-order valence-corrected chi connectivity index (χ0v) is 25.8. The van der Waals surface area contributed by atoms with Gasteiger partial charge in [0.1, 0.15) is 11.0 Å². The van der Waals surface area contributed by atoms with Crippen molar-refractivity contribution in [3.8, 4) is 0 Å².